The van der Waals surface area contributed by atoms with E-state index in [0.29, 0.717) is 5.89 Å². The highest BCUT2D eigenvalue weighted by molar-refractivity contribution is 5.85. The van der Waals surface area contributed by atoms with Crippen LogP contribution in [0.1, 0.15) is 5.89 Å². The smallest absolute Gasteiger partial charge is 0.192 e. The van der Waals surface area contributed by atoms with E-state index >= 15 is 0 Å². The molecule has 0 radical (unpaired) electrons. The van der Waals surface area contributed by atoms with Gasteiger partial charge in [0.2, 0.25) is 0 Å². The van der Waals surface area contributed by atoms with E-state index in [2.05, 4.69) is 20.2 Å². The van der Waals surface area contributed by atoms with Crippen LogP contribution in [0, 0.1) is 6.92 Å². The molecular weight excluding hydrogens is 264 g/mol. The number of aromatic nitrogens is 4. The largest absolute Gasteiger partial charge is 0.441 e. The third kappa shape index (κ3) is 1.99. The van der Waals surface area contributed by atoms with Crippen molar-refractivity contribution in [1.82, 2.24) is 20.2 Å². The van der Waals surface area contributed by atoms with E-state index < -0.39 is 0 Å². The summed E-state index contributed by atoms with van der Waals surface area (Å²) in [6.45, 7) is 1.84. The van der Waals surface area contributed by atoms with Crippen LogP contribution in [0.25, 0.3) is 33.6 Å². The molecule has 102 valence electrons. The molecule has 4 aromatic rings. The molecule has 0 bridgehead atoms. The lowest BCUT2D eigenvalue weighted by molar-refractivity contribution is 0.561. The third-order valence-electron chi connectivity index (χ3n) is 3.37. The summed E-state index contributed by atoms with van der Waals surface area (Å²) in [4.78, 5) is 8.68. The molecule has 0 aliphatic carbocycles. The predicted molar refractivity (Wildman–Crippen MR) is 79.6 cm³/mol. The van der Waals surface area contributed by atoms with Gasteiger partial charge in [0.25, 0.3) is 0 Å². The first kappa shape index (κ1) is 11.8. The average Bonchev–Trinajstić information content (AvgIpc) is 3.12. The minimum Gasteiger partial charge on any atom is -0.441 e. The Balaban J connectivity index is 1.87. The Morgan fingerprint density at radius 3 is 2.95 bits per heavy atom. The van der Waals surface area contributed by atoms with Crippen LogP contribution in [0.5, 0.6) is 0 Å². The highest BCUT2D eigenvalue weighted by Gasteiger charge is 2.12. The highest BCUT2D eigenvalue weighted by atomic mass is 16.3. The molecule has 3 aromatic heterocycles. The normalized spacial score (nSPS) is 11.1. The Morgan fingerprint density at radius 2 is 2.10 bits per heavy atom. The van der Waals surface area contributed by atoms with Crippen molar-refractivity contribution >= 4 is 11.1 Å². The van der Waals surface area contributed by atoms with Gasteiger partial charge in [-0.3, -0.25) is 10.1 Å². The molecule has 0 atom stereocenters. The van der Waals surface area contributed by atoms with Gasteiger partial charge in [0.15, 0.2) is 11.5 Å². The first-order valence-corrected chi connectivity index (χ1v) is 6.63. The van der Waals surface area contributed by atoms with Gasteiger partial charge in [0.1, 0.15) is 5.52 Å². The van der Waals surface area contributed by atoms with E-state index in [4.69, 9.17) is 4.42 Å². The molecular formula is C16H12N4O. The molecule has 0 amide bonds. The van der Waals surface area contributed by atoms with E-state index in [1.54, 1.807) is 12.4 Å². The van der Waals surface area contributed by atoms with Crippen molar-refractivity contribution in [3.63, 3.8) is 0 Å². The molecule has 0 saturated carbocycles. The lowest BCUT2D eigenvalue weighted by Gasteiger charge is -2.02. The maximum atomic E-state index is 5.59. The Labute approximate surface area is 120 Å². The fourth-order valence-corrected chi connectivity index (χ4v) is 2.42. The molecule has 0 unspecified atom stereocenters. The molecule has 0 aliphatic rings. The van der Waals surface area contributed by atoms with Crippen molar-refractivity contribution in [3.05, 3.63) is 54.7 Å². The molecule has 21 heavy (non-hydrogen) atoms. The molecule has 0 saturated heterocycles. The number of hydrogen-bond donors (Lipinski definition) is 1. The minimum atomic E-state index is 0.666. The molecule has 0 aliphatic heterocycles. The van der Waals surface area contributed by atoms with Gasteiger partial charge >= 0.3 is 0 Å². The number of nitrogens with one attached hydrogen (secondary N) is 1. The van der Waals surface area contributed by atoms with Crippen molar-refractivity contribution in [3.8, 4) is 22.5 Å². The van der Waals surface area contributed by atoms with Crippen molar-refractivity contribution in [1.29, 1.82) is 0 Å². The molecule has 5 heteroatoms. The predicted octanol–water partition coefficient (Wildman–Crippen LogP) is 3.59. The second-order valence-corrected chi connectivity index (χ2v) is 4.79. The Kier molecular flexibility index (Phi) is 2.57. The van der Waals surface area contributed by atoms with Crippen LogP contribution in [0.2, 0.25) is 0 Å². The van der Waals surface area contributed by atoms with Gasteiger partial charge in [-0.15, -0.1) is 0 Å². The average molecular weight is 276 g/mol. The lowest BCUT2D eigenvalue weighted by atomic mass is 10.0. The molecule has 4 rings (SSSR count). The molecule has 3 heterocycles. The standard InChI is InChI=1S/C16H12N4O/c1-10-19-13-6-5-11(8-15(13)21-10)12-9-18-20-16(12)14-4-2-3-7-17-14/h2-9H,1H3,(H,18,20). The summed E-state index contributed by atoms with van der Waals surface area (Å²) >= 11 is 0. The second kappa shape index (κ2) is 4.56. The number of benzene rings is 1. The number of H-pyrrole nitrogens is 1. The van der Waals surface area contributed by atoms with Crippen molar-refractivity contribution in [2.75, 3.05) is 0 Å². The number of hydrogen-bond acceptors (Lipinski definition) is 4. The Bertz CT molecular complexity index is 908. The molecule has 1 N–H and O–H groups in total. The first-order chi connectivity index (χ1) is 10.3. The summed E-state index contributed by atoms with van der Waals surface area (Å²) in [7, 11) is 0. The minimum absolute atomic E-state index is 0.666. The fourth-order valence-electron chi connectivity index (χ4n) is 2.42. The number of fused-ring (bicyclic) bond motifs is 1. The van der Waals surface area contributed by atoms with Crippen molar-refractivity contribution < 1.29 is 4.42 Å². The molecule has 5 nitrogen and oxygen atoms in total. The van der Waals surface area contributed by atoms with E-state index in [9.17, 15) is 0 Å². The van der Waals surface area contributed by atoms with Crippen LogP contribution >= 0.6 is 0 Å². The molecule has 0 spiro atoms. The number of pyridine rings is 1. The Morgan fingerprint density at radius 1 is 1.14 bits per heavy atom. The van der Waals surface area contributed by atoms with E-state index in [-0.39, 0.29) is 0 Å². The van der Waals surface area contributed by atoms with Crippen LogP contribution in [0.4, 0.5) is 0 Å². The highest BCUT2D eigenvalue weighted by Crippen LogP contribution is 2.31. The summed E-state index contributed by atoms with van der Waals surface area (Å²) < 4.78 is 5.59. The van der Waals surface area contributed by atoms with Crippen molar-refractivity contribution in [2.45, 2.75) is 6.92 Å². The summed E-state index contributed by atoms with van der Waals surface area (Å²) in [6, 6.07) is 11.7. The van der Waals surface area contributed by atoms with Gasteiger partial charge in [-0.05, 0) is 29.8 Å². The topological polar surface area (TPSA) is 67.6 Å². The zero-order valence-electron chi connectivity index (χ0n) is 11.4. The Hall–Kier alpha value is -2.95. The first-order valence-electron chi connectivity index (χ1n) is 6.63. The number of oxazole rings is 1. The van der Waals surface area contributed by atoms with Gasteiger partial charge in [0.05, 0.1) is 17.6 Å². The summed E-state index contributed by atoms with van der Waals surface area (Å²) in [6.07, 6.45) is 3.57. The summed E-state index contributed by atoms with van der Waals surface area (Å²) in [5.74, 6) is 0.666. The van der Waals surface area contributed by atoms with E-state index in [1.165, 1.54) is 0 Å². The monoisotopic (exact) mass is 276 g/mol. The van der Waals surface area contributed by atoms with Crippen LogP contribution in [0.3, 0.4) is 0 Å². The van der Waals surface area contributed by atoms with E-state index in [0.717, 1.165) is 33.6 Å². The quantitative estimate of drug-likeness (QED) is 0.607. The summed E-state index contributed by atoms with van der Waals surface area (Å²) in [5, 5.41) is 7.16. The number of rotatable bonds is 2. The number of nitrogens with zero attached hydrogens (tertiary/aromatic N) is 3. The van der Waals surface area contributed by atoms with Gasteiger partial charge in [0, 0.05) is 18.7 Å². The lowest BCUT2D eigenvalue weighted by Crippen LogP contribution is -1.85. The molecule has 0 fully saturated rings. The SMILES string of the molecule is Cc1nc2ccc(-c3cn[nH]c3-c3ccccn3)cc2o1. The van der Waals surface area contributed by atoms with Crippen molar-refractivity contribution in [2.24, 2.45) is 0 Å². The van der Waals surface area contributed by atoms with Crippen LogP contribution in [-0.4, -0.2) is 20.2 Å². The second-order valence-electron chi connectivity index (χ2n) is 4.79. The zero-order chi connectivity index (χ0) is 14.2. The maximum Gasteiger partial charge on any atom is 0.192 e. The van der Waals surface area contributed by atoms with Crippen LogP contribution in [0.15, 0.2) is 53.2 Å². The van der Waals surface area contributed by atoms with Gasteiger partial charge in [-0.2, -0.15) is 5.10 Å². The summed E-state index contributed by atoms with van der Waals surface area (Å²) in [5.41, 5.74) is 5.40. The number of aromatic amines is 1. The van der Waals surface area contributed by atoms with Crippen LogP contribution < -0.4 is 0 Å². The third-order valence-corrected chi connectivity index (χ3v) is 3.37. The molecule has 1 aromatic carbocycles. The fraction of sp³-hybridized carbons (Fsp3) is 0.0625. The van der Waals surface area contributed by atoms with E-state index in [1.807, 2.05) is 43.3 Å². The van der Waals surface area contributed by atoms with Gasteiger partial charge in [-0.1, -0.05) is 12.1 Å². The maximum absolute atomic E-state index is 5.59. The number of aryl methyl sites for hydroxylation is 1. The van der Waals surface area contributed by atoms with Crippen LogP contribution in [-0.2, 0) is 0 Å². The van der Waals surface area contributed by atoms with Gasteiger partial charge in [-0.25, -0.2) is 4.98 Å². The zero-order valence-corrected chi connectivity index (χ0v) is 11.4. The van der Waals surface area contributed by atoms with Gasteiger partial charge < -0.3 is 4.42 Å².